The van der Waals surface area contributed by atoms with Crippen LogP contribution in [0.15, 0.2) is 83.9 Å². The maximum absolute atomic E-state index is 12.8. The van der Waals surface area contributed by atoms with Crippen LogP contribution in [0.2, 0.25) is 0 Å². The Hall–Kier alpha value is -3.69. The normalized spacial score (nSPS) is 11.1. The molecule has 2 N–H and O–H groups in total. The lowest BCUT2D eigenvalue weighted by atomic mass is 10.0. The Bertz CT molecular complexity index is 1410. The van der Waals surface area contributed by atoms with Gasteiger partial charge in [-0.1, -0.05) is 47.7 Å². The van der Waals surface area contributed by atoms with E-state index >= 15 is 0 Å². The Kier molecular flexibility index (Phi) is 6.43. The second-order valence-electron chi connectivity index (χ2n) is 7.16. The van der Waals surface area contributed by atoms with Crippen LogP contribution in [0.3, 0.4) is 0 Å². The van der Waals surface area contributed by atoms with Crippen LogP contribution in [-0.2, 0) is 10.0 Å². The molecule has 0 unspecified atom stereocenters. The highest BCUT2D eigenvalue weighted by Gasteiger charge is 2.17. The van der Waals surface area contributed by atoms with Crippen LogP contribution < -0.4 is 14.8 Å². The number of carbonyl (C=O) groups excluding carboxylic acids is 1. The van der Waals surface area contributed by atoms with Gasteiger partial charge in [0.25, 0.3) is 10.0 Å². The number of anilines is 3. The maximum Gasteiger partial charge on any atom is 0.262 e. The van der Waals surface area contributed by atoms with Crippen LogP contribution in [-0.4, -0.2) is 26.3 Å². The monoisotopic (exact) mass is 479 g/mol. The van der Waals surface area contributed by atoms with Gasteiger partial charge in [-0.25, -0.2) is 13.4 Å². The van der Waals surface area contributed by atoms with Crippen LogP contribution in [0.25, 0.3) is 0 Å². The molecular formula is C24H21N3O4S2. The summed E-state index contributed by atoms with van der Waals surface area (Å²) in [6, 6.07) is 20.5. The molecule has 0 amide bonds. The van der Waals surface area contributed by atoms with Gasteiger partial charge in [0, 0.05) is 17.3 Å². The fourth-order valence-corrected chi connectivity index (χ4v) is 5.04. The van der Waals surface area contributed by atoms with Crippen molar-refractivity contribution in [2.45, 2.75) is 11.8 Å². The van der Waals surface area contributed by atoms with Gasteiger partial charge in [-0.2, -0.15) is 0 Å². The molecule has 0 bridgehead atoms. The first-order valence-electron chi connectivity index (χ1n) is 9.96. The average molecular weight is 480 g/mol. The van der Waals surface area contributed by atoms with Crippen molar-refractivity contribution in [1.82, 2.24) is 4.98 Å². The number of carbonyl (C=O) groups is 1. The Morgan fingerprint density at radius 2 is 1.73 bits per heavy atom. The molecule has 33 heavy (non-hydrogen) atoms. The third-order valence-electron chi connectivity index (χ3n) is 4.84. The molecule has 4 rings (SSSR count). The molecule has 0 fully saturated rings. The molecule has 0 aliphatic rings. The molecule has 0 aliphatic carbocycles. The van der Waals surface area contributed by atoms with Gasteiger partial charge in [0.2, 0.25) is 5.78 Å². The van der Waals surface area contributed by atoms with E-state index in [1.54, 1.807) is 42.5 Å². The van der Waals surface area contributed by atoms with Crippen molar-refractivity contribution < 1.29 is 17.9 Å². The van der Waals surface area contributed by atoms with E-state index < -0.39 is 10.0 Å². The highest BCUT2D eigenvalue weighted by atomic mass is 32.2. The zero-order chi connectivity index (χ0) is 23.4. The van der Waals surface area contributed by atoms with E-state index in [-0.39, 0.29) is 10.7 Å². The minimum Gasteiger partial charge on any atom is -0.497 e. The van der Waals surface area contributed by atoms with E-state index in [1.165, 1.54) is 36.8 Å². The smallest absolute Gasteiger partial charge is 0.262 e. The second kappa shape index (κ2) is 9.43. The summed E-state index contributed by atoms with van der Waals surface area (Å²) >= 11 is 1.24. The molecule has 0 radical (unpaired) electrons. The minimum atomic E-state index is -3.79. The fourth-order valence-electron chi connectivity index (χ4n) is 3.16. The van der Waals surface area contributed by atoms with Crippen molar-refractivity contribution in [3.63, 3.8) is 0 Å². The molecule has 4 aromatic rings. The summed E-state index contributed by atoms with van der Waals surface area (Å²) in [6.07, 6.45) is 1.54. The second-order valence-corrected chi connectivity index (χ2v) is 9.88. The Morgan fingerprint density at radius 1 is 0.970 bits per heavy atom. The lowest BCUT2D eigenvalue weighted by molar-refractivity contribution is 0.104. The number of aryl methyl sites for hydroxylation is 1. The summed E-state index contributed by atoms with van der Waals surface area (Å²) in [5.74, 6) is 0.367. The van der Waals surface area contributed by atoms with E-state index in [0.717, 1.165) is 5.56 Å². The number of ketones is 1. The fraction of sp³-hybridized carbons (Fsp3) is 0.0833. The molecule has 0 saturated carbocycles. The first kappa shape index (κ1) is 22.5. The number of methoxy groups -OCH3 is 1. The predicted octanol–water partition coefficient (Wildman–Crippen LogP) is 5.24. The lowest BCUT2D eigenvalue weighted by Crippen LogP contribution is -2.13. The lowest BCUT2D eigenvalue weighted by Gasteiger charge is -2.11. The number of sulfonamides is 1. The molecule has 1 aromatic heterocycles. The zero-order valence-electron chi connectivity index (χ0n) is 17.9. The first-order chi connectivity index (χ1) is 15.9. The van der Waals surface area contributed by atoms with Crippen LogP contribution in [0, 0.1) is 6.92 Å². The van der Waals surface area contributed by atoms with Gasteiger partial charge in [0.1, 0.15) is 5.75 Å². The Morgan fingerprint density at radius 3 is 2.52 bits per heavy atom. The number of rotatable bonds is 8. The molecule has 0 saturated heterocycles. The predicted molar refractivity (Wildman–Crippen MR) is 130 cm³/mol. The maximum atomic E-state index is 12.8. The van der Waals surface area contributed by atoms with Crippen molar-refractivity contribution in [3.8, 4) is 5.75 Å². The van der Waals surface area contributed by atoms with Crippen molar-refractivity contribution >= 4 is 43.6 Å². The summed E-state index contributed by atoms with van der Waals surface area (Å²) in [5.41, 5.74) is 2.56. The van der Waals surface area contributed by atoms with Gasteiger partial charge in [0.15, 0.2) is 5.13 Å². The van der Waals surface area contributed by atoms with E-state index in [2.05, 4.69) is 15.0 Å². The molecular weight excluding hydrogens is 458 g/mol. The molecule has 0 spiro atoms. The Labute approximate surface area is 196 Å². The van der Waals surface area contributed by atoms with E-state index in [0.29, 0.717) is 32.7 Å². The van der Waals surface area contributed by atoms with Gasteiger partial charge in [-0.05, 0) is 42.8 Å². The van der Waals surface area contributed by atoms with Crippen LogP contribution in [0.5, 0.6) is 5.75 Å². The number of benzene rings is 3. The van der Waals surface area contributed by atoms with Crippen LogP contribution in [0.1, 0.15) is 20.8 Å². The number of hydrogen-bond acceptors (Lipinski definition) is 7. The quantitative estimate of drug-likeness (QED) is 0.336. The standard InChI is InChI=1S/C24H21N3O4S2/c1-16-7-3-4-12-21(16)23(28)22-15-25-24(32-22)26-17-8-5-9-18(13-17)27-33(29,30)20-11-6-10-19(14-20)31-2/h3-15,27H,1-2H3,(H,25,26). The van der Waals surface area contributed by atoms with E-state index in [9.17, 15) is 13.2 Å². The summed E-state index contributed by atoms with van der Waals surface area (Å²) in [4.78, 5) is 17.7. The highest BCUT2D eigenvalue weighted by molar-refractivity contribution is 7.92. The molecule has 0 aliphatic heterocycles. The molecule has 1 heterocycles. The number of hydrogen-bond donors (Lipinski definition) is 2. The minimum absolute atomic E-state index is 0.0848. The third-order valence-corrected chi connectivity index (χ3v) is 7.13. The van der Waals surface area contributed by atoms with Crippen molar-refractivity contribution in [2.75, 3.05) is 17.1 Å². The molecule has 7 nitrogen and oxygen atoms in total. The summed E-state index contributed by atoms with van der Waals surface area (Å²) in [5, 5.41) is 3.66. The van der Waals surface area contributed by atoms with Gasteiger partial charge in [0.05, 0.1) is 28.8 Å². The molecule has 0 atom stereocenters. The largest absolute Gasteiger partial charge is 0.497 e. The van der Waals surface area contributed by atoms with Gasteiger partial charge in [-0.3, -0.25) is 9.52 Å². The number of thiazole rings is 1. The zero-order valence-corrected chi connectivity index (χ0v) is 19.5. The number of nitrogens with zero attached hydrogens (tertiary/aromatic N) is 1. The molecule has 9 heteroatoms. The van der Waals surface area contributed by atoms with Crippen LogP contribution in [0.4, 0.5) is 16.5 Å². The summed E-state index contributed by atoms with van der Waals surface area (Å²) < 4.78 is 33.2. The number of aromatic nitrogens is 1. The van der Waals surface area contributed by atoms with E-state index in [4.69, 9.17) is 4.74 Å². The topological polar surface area (TPSA) is 97.4 Å². The Balaban J connectivity index is 1.50. The van der Waals surface area contributed by atoms with Crippen molar-refractivity contribution in [1.29, 1.82) is 0 Å². The summed E-state index contributed by atoms with van der Waals surface area (Å²) in [6.45, 7) is 1.89. The molecule has 3 aromatic carbocycles. The number of ether oxygens (including phenoxy) is 1. The number of nitrogens with one attached hydrogen (secondary N) is 2. The first-order valence-corrected chi connectivity index (χ1v) is 12.3. The SMILES string of the molecule is COc1cccc(S(=O)(=O)Nc2cccc(Nc3ncc(C(=O)c4ccccc4C)s3)c2)c1. The average Bonchev–Trinajstić information content (AvgIpc) is 3.27. The molecule has 168 valence electrons. The third kappa shape index (κ3) is 5.21. The van der Waals surface area contributed by atoms with Crippen molar-refractivity contribution in [2.24, 2.45) is 0 Å². The van der Waals surface area contributed by atoms with Gasteiger partial charge >= 0.3 is 0 Å². The summed E-state index contributed by atoms with van der Waals surface area (Å²) in [7, 11) is -2.31. The van der Waals surface area contributed by atoms with Gasteiger partial charge in [-0.15, -0.1) is 0 Å². The van der Waals surface area contributed by atoms with E-state index in [1.807, 2.05) is 25.1 Å². The van der Waals surface area contributed by atoms with Gasteiger partial charge < -0.3 is 10.1 Å². The van der Waals surface area contributed by atoms with Crippen LogP contribution >= 0.6 is 11.3 Å². The van der Waals surface area contributed by atoms with Crippen molar-refractivity contribution in [3.05, 3.63) is 95.0 Å². The highest BCUT2D eigenvalue weighted by Crippen LogP contribution is 2.27.